The molecule has 1 aromatic rings. The summed E-state index contributed by atoms with van der Waals surface area (Å²) in [5, 5.41) is 0.403. The van der Waals surface area contributed by atoms with Crippen molar-refractivity contribution in [1.82, 2.24) is 4.98 Å². The van der Waals surface area contributed by atoms with Crippen molar-refractivity contribution in [2.24, 2.45) is 5.92 Å². The lowest BCUT2D eigenvalue weighted by Crippen LogP contribution is -2.42. The first-order chi connectivity index (χ1) is 8.79. The van der Waals surface area contributed by atoms with Crippen molar-refractivity contribution in [2.45, 2.75) is 19.0 Å². The van der Waals surface area contributed by atoms with Crippen LogP contribution in [-0.2, 0) is 0 Å². The largest absolute Gasteiger partial charge is 0.393 e. The van der Waals surface area contributed by atoms with Crippen molar-refractivity contribution in [1.29, 1.82) is 0 Å². The third kappa shape index (κ3) is 3.17. The van der Waals surface area contributed by atoms with E-state index in [0.29, 0.717) is 13.0 Å². The number of hydrogen-bond donors (Lipinski definition) is 1. The maximum absolute atomic E-state index is 12.7. The third-order valence-electron chi connectivity index (χ3n) is 3.12. The number of rotatable bonds is 1. The van der Waals surface area contributed by atoms with Crippen molar-refractivity contribution in [3.8, 4) is 0 Å². The van der Waals surface area contributed by atoms with Gasteiger partial charge in [0.15, 0.2) is 0 Å². The molecule has 2 rings (SSSR count). The maximum atomic E-state index is 12.7. The van der Waals surface area contributed by atoms with Crippen LogP contribution in [0.15, 0.2) is 6.07 Å². The smallest absolute Gasteiger partial charge is 0.382 e. The predicted molar refractivity (Wildman–Crippen MR) is 69.7 cm³/mol. The van der Waals surface area contributed by atoms with Crippen LogP contribution >= 0.6 is 23.2 Å². The molecule has 0 bridgehead atoms. The first-order valence-electron chi connectivity index (χ1n) is 5.72. The van der Waals surface area contributed by atoms with Crippen LogP contribution in [0.1, 0.15) is 12.8 Å². The summed E-state index contributed by atoms with van der Waals surface area (Å²) in [7, 11) is 0. The Hall–Kier alpha value is -0.880. The van der Waals surface area contributed by atoms with Gasteiger partial charge in [-0.15, -0.1) is 0 Å². The molecule has 1 aliphatic heterocycles. The maximum Gasteiger partial charge on any atom is 0.393 e. The van der Waals surface area contributed by atoms with Crippen molar-refractivity contribution in [3.63, 3.8) is 0 Å². The Labute approximate surface area is 118 Å². The lowest BCUT2D eigenvalue weighted by Gasteiger charge is -2.35. The molecule has 0 amide bonds. The summed E-state index contributed by atoms with van der Waals surface area (Å²) >= 11 is 11.7. The van der Waals surface area contributed by atoms with Gasteiger partial charge >= 0.3 is 6.18 Å². The van der Waals surface area contributed by atoms with Crippen molar-refractivity contribution < 1.29 is 13.2 Å². The Morgan fingerprint density at radius 2 is 2.00 bits per heavy atom. The molecule has 1 aliphatic rings. The van der Waals surface area contributed by atoms with Gasteiger partial charge in [-0.2, -0.15) is 13.2 Å². The van der Waals surface area contributed by atoms with E-state index in [9.17, 15) is 13.2 Å². The number of pyridine rings is 1. The summed E-state index contributed by atoms with van der Waals surface area (Å²) in [5.74, 6) is -1.04. The van der Waals surface area contributed by atoms with Gasteiger partial charge in [0, 0.05) is 13.1 Å². The van der Waals surface area contributed by atoms with Crippen LogP contribution in [-0.4, -0.2) is 24.2 Å². The van der Waals surface area contributed by atoms with Crippen molar-refractivity contribution in [3.05, 3.63) is 16.1 Å². The standard InChI is InChI=1S/C11H12Cl2F3N3/c12-7-4-8(13)10(18-9(7)17)19-3-1-2-6(5-19)11(14,15)16/h4,6H,1-3,5H2,(H2,17,18). The van der Waals surface area contributed by atoms with E-state index in [1.165, 1.54) is 11.0 Å². The molecule has 1 atom stereocenters. The van der Waals surface area contributed by atoms with Gasteiger partial charge in [-0.05, 0) is 18.9 Å². The fraction of sp³-hybridized carbons (Fsp3) is 0.545. The van der Waals surface area contributed by atoms with Gasteiger partial charge in [0.1, 0.15) is 11.6 Å². The molecule has 19 heavy (non-hydrogen) atoms. The monoisotopic (exact) mass is 313 g/mol. The fourth-order valence-corrected chi connectivity index (χ4v) is 2.61. The van der Waals surface area contributed by atoms with E-state index in [2.05, 4.69) is 4.98 Å². The van der Waals surface area contributed by atoms with Crippen LogP contribution in [0.4, 0.5) is 24.8 Å². The number of halogens is 5. The van der Waals surface area contributed by atoms with Crippen LogP contribution in [0.2, 0.25) is 10.0 Å². The van der Waals surface area contributed by atoms with Crippen LogP contribution in [0.25, 0.3) is 0 Å². The number of aromatic nitrogens is 1. The minimum Gasteiger partial charge on any atom is -0.382 e. The molecule has 8 heteroatoms. The highest BCUT2D eigenvalue weighted by atomic mass is 35.5. The molecule has 1 fully saturated rings. The molecule has 106 valence electrons. The van der Waals surface area contributed by atoms with Gasteiger partial charge in [-0.25, -0.2) is 4.98 Å². The second-order valence-electron chi connectivity index (χ2n) is 4.49. The SMILES string of the molecule is Nc1nc(N2CCCC(C(F)(F)F)C2)c(Cl)cc1Cl. The minimum atomic E-state index is -4.21. The molecule has 2 heterocycles. The Balaban J connectivity index is 2.25. The molecule has 2 N–H and O–H groups in total. The summed E-state index contributed by atoms with van der Waals surface area (Å²) in [6, 6.07) is 1.40. The van der Waals surface area contributed by atoms with E-state index in [-0.39, 0.29) is 34.6 Å². The summed E-state index contributed by atoms with van der Waals surface area (Å²) in [6.07, 6.45) is -3.64. The Kier molecular flexibility index (Phi) is 4.01. The number of alkyl halides is 3. The Bertz CT molecular complexity index is 479. The van der Waals surface area contributed by atoms with Crippen LogP contribution < -0.4 is 10.6 Å². The lowest BCUT2D eigenvalue weighted by molar-refractivity contribution is -0.176. The highest BCUT2D eigenvalue weighted by molar-refractivity contribution is 6.37. The Morgan fingerprint density at radius 3 is 2.63 bits per heavy atom. The van der Waals surface area contributed by atoms with Crippen LogP contribution in [0, 0.1) is 5.92 Å². The van der Waals surface area contributed by atoms with Crippen LogP contribution in [0.5, 0.6) is 0 Å². The molecular weight excluding hydrogens is 302 g/mol. The normalized spacial score (nSPS) is 20.7. The zero-order valence-corrected chi connectivity index (χ0v) is 11.4. The second kappa shape index (κ2) is 5.25. The van der Waals surface area contributed by atoms with E-state index < -0.39 is 12.1 Å². The number of nitrogens with zero attached hydrogens (tertiary/aromatic N) is 2. The number of nitrogens with two attached hydrogens (primary N) is 1. The van der Waals surface area contributed by atoms with Gasteiger partial charge in [0.25, 0.3) is 0 Å². The van der Waals surface area contributed by atoms with Crippen molar-refractivity contribution in [2.75, 3.05) is 23.7 Å². The molecule has 0 spiro atoms. The van der Waals surface area contributed by atoms with Gasteiger partial charge in [0.05, 0.1) is 16.0 Å². The van der Waals surface area contributed by atoms with Gasteiger partial charge in [0.2, 0.25) is 0 Å². The lowest BCUT2D eigenvalue weighted by atomic mass is 9.97. The predicted octanol–water partition coefficient (Wildman–Crippen LogP) is 3.75. The molecule has 1 saturated heterocycles. The summed E-state index contributed by atoms with van der Waals surface area (Å²) in [4.78, 5) is 5.50. The quantitative estimate of drug-likeness (QED) is 0.858. The highest BCUT2D eigenvalue weighted by Gasteiger charge is 2.42. The van der Waals surface area contributed by atoms with Gasteiger partial charge < -0.3 is 10.6 Å². The van der Waals surface area contributed by atoms with E-state index in [0.717, 1.165) is 0 Å². The summed E-state index contributed by atoms with van der Waals surface area (Å²) in [5.41, 5.74) is 5.57. The van der Waals surface area contributed by atoms with Gasteiger partial charge in [-0.3, -0.25) is 0 Å². The summed E-state index contributed by atoms with van der Waals surface area (Å²) < 4.78 is 38.2. The minimum absolute atomic E-state index is 0.0650. The molecule has 0 aliphatic carbocycles. The molecule has 0 aromatic carbocycles. The zero-order valence-electron chi connectivity index (χ0n) is 9.84. The molecular formula is C11H12Cl2F3N3. The zero-order chi connectivity index (χ0) is 14.2. The number of piperidine rings is 1. The Morgan fingerprint density at radius 1 is 1.32 bits per heavy atom. The second-order valence-corrected chi connectivity index (χ2v) is 5.30. The highest BCUT2D eigenvalue weighted by Crippen LogP contribution is 2.37. The average molecular weight is 314 g/mol. The molecule has 0 radical (unpaired) electrons. The van der Waals surface area contributed by atoms with E-state index in [4.69, 9.17) is 28.9 Å². The number of nitrogen functional groups attached to an aromatic ring is 1. The summed E-state index contributed by atoms with van der Waals surface area (Å²) in [6.45, 7) is 0.317. The first-order valence-corrected chi connectivity index (χ1v) is 6.48. The number of hydrogen-bond acceptors (Lipinski definition) is 3. The number of anilines is 2. The fourth-order valence-electron chi connectivity index (χ4n) is 2.13. The molecule has 0 saturated carbocycles. The van der Waals surface area contributed by atoms with Crippen LogP contribution in [0.3, 0.4) is 0 Å². The molecule has 1 aromatic heterocycles. The molecule has 3 nitrogen and oxygen atoms in total. The van der Waals surface area contributed by atoms with Gasteiger partial charge in [-0.1, -0.05) is 23.2 Å². The van der Waals surface area contributed by atoms with E-state index in [1.807, 2.05) is 0 Å². The molecule has 1 unspecified atom stereocenters. The first kappa shape index (κ1) is 14.5. The van der Waals surface area contributed by atoms with E-state index in [1.54, 1.807) is 0 Å². The third-order valence-corrected chi connectivity index (χ3v) is 3.70. The average Bonchev–Trinajstić information content (AvgIpc) is 2.33. The van der Waals surface area contributed by atoms with Crippen molar-refractivity contribution >= 4 is 34.8 Å². The topological polar surface area (TPSA) is 42.1 Å². The van der Waals surface area contributed by atoms with E-state index >= 15 is 0 Å².